The molecule has 0 spiro atoms. The maximum atomic E-state index is 12.6. The number of anilines is 1. The quantitative estimate of drug-likeness (QED) is 0.242. The van der Waals surface area contributed by atoms with E-state index < -0.39 is 34.6 Å². The van der Waals surface area contributed by atoms with Gasteiger partial charge in [-0.15, -0.1) is 0 Å². The first kappa shape index (κ1) is 33.9. The molecule has 5 N–H and O–H groups in total. The molecule has 14 heteroatoms. The lowest BCUT2D eigenvalue weighted by atomic mass is 9.67. The number of carboxylic acid groups (broad SMARTS) is 1. The van der Waals surface area contributed by atoms with Crippen molar-refractivity contribution in [3.63, 3.8) is 0 Å². The summed E-state index contributed by atoms with van der Waals surface area (Å²) in [5, 5.41) is 14.7. The van der Waals surface area contributed by atoms with Crippen LogP contribution in [0.3, 0.4) is 0 Å². The number of aliphatic imine (C=N–C) groups is 1. The number of aryl methyl sites for hydroxylation is 1. The number of primary amides is 1. The first-order chi connectivity index (χ1) is 19.7. The minimum atomic E-state index is -1.38. The highest BCUT2D eigenvalue weighted by Crippen LogP contribution is 2.45. The van der Waals surface area contributed by atoms with Crippen LogP contribution < -0.4 is 21.3 Å². The molecule has 234 valence electrons. The summed E-state index contributed by atoms with van der Waals surface area (Å²) in [6, 6.07) is 4.86. The SMILES string of the molecule is Cc1nc(N2CCC(N=C(NC(=O)O)NC(=O)OC(C)(C)C)(C(C)(C)C)CC2C)nc(C(N)=O)c1-c1cccc(Cl)c1Cl. The van der Waals surface area contributed by atoms with Gasteiger partial charge in [-0.05, 0) is 58.9 Å². The number of nitrogens with zero attached hydrogens (tertiary/aromatic N) is 4. The number of aromatic nitrogens is 2. The van der Waals surface area contributed by atoms with Gasteiger partial charge in [0.2, 0.25) is 11.9 Å². The molecule has 1 aromatic heterocycles. The number of carbonyl (C=O) groups is 3. The Bertz CT molecular complexity index is 1450. The molecule has 0 saturated carbocycles. The largest absolute Gasteiger partial charge is 0.465 e. The van der Waals surface area contributed by atoms with Crippen LogP contribution in [0.2, 0.25) is 10.0 Å². The van der Waals surface area contributed by atoms with Crippen molar-refractivity contribution in [2.75, 3.05) is 11.4 Å². The van der Waals surface area contributed by atoms with E-state index >= 15 is 0 Å². The zero-order valence-corrected chi connectivity index (χ0v) is 27.1. The maximum absolute atomic E-state index is 12.6. The van der Waals surface area contributed by atoms with Crippen LogP contribution in [0.4, 0.5) is 15.5 Å². The predicted octanol–water partition coefficient (Wildman–Crippen LogP) is 5.78. The van der Waals surface area contributed by atoms with Crippen molar-refractivity contribution in [2.45, 2.75) is 85.4 Å². The van der Waals surface area contributed by atoms with Crippen LogP contribution in [0, 0.1) is 12.3 Å². The summed E-state index contributed by atoms with van der Waals surface area (Å²) >= 11 is 12.7. The molecule has 0 aliphatic carbocycles. The number of ether oxygens (including phenoxy) is 1. The van der Waals surface area contributed by atoms with Gasteiger partial charge in [-0.25, -0.2) is 24.5 Å². The van der Waals surface area contributed by atoms with Gasteiger partial charge in [-0.2, -0.15) is 0 Å². The van der Waals surface area contributed by atoms with Crippen molar-refractivity contribution < 1.29 is 24.2 Å². The van der Waals surface area contributed by atoms with Crippen LogP contribution in [0.15, 0.2) is 23.2 Å². The molecular formula is C29H39Cl2N7O5. The molecule has 0 bridgehead atoms. The second kappa shape index (κ2) is 12.5. The molecule has 1 aliphatic heterocycles. The molecule has 2 atom stereocenters. The zero-order chi connectivity index (χ0) is 32.5. The molecule has 1 aromatic carbocycles. The van der Waals surface area contributed by atoms with Gasteiger partial charge in [0.25, 0.3) is 5.91 Å². The Morgan fingerprint density at radius 1 is 1.14 bits per heavy atom. The molecule has 1 aliphatic rings. The normalized spacial score (nSPS) is 19.5. The van der Waals surface area contributed by atoms with Crippen molar-refractivity contribution in [2.24, 2.45) is 16.1 Å². The molecule has 43 heavy (non-hydrogen) atoms. The standard InChI is InChI=1S/C29H39Cl2N7O5/c1-15-14-29(27(3,4)5,37-23(35-25(40)41)36-26(42)43-28(6,7)8)12-13-38(15)24-33-16(2)19(21(34-24)22(32)39)17-10-9-11-18(30)20(17)31/h9-11,15H,12-14H2,1-8H3,(H2,32,39)(H,40,41)(H2,35,36,37,42). The lowest BCUT2D eigenvalue weighted by Crippen LogP contribution is -2.57. The summed E-state index contributed by atoms with van der Waals surface area (Å²) in [5.74, 6) is -0.667. The second-order valence-corrected chi connectivity index (χ2v) is 13.4. The molecule has 2 heterocycles. The van der Waals surface area contributed by atoms with Crippen molar-refractivity contribution in [1.29, 1.82) is 0 Å². The Labute approximate surface area is 261 Å². The van der Waals surface area contributed by atoms with E-state index in [1.54, 1.807) is 45.9 Å². The van der Waals surface area contributed by atoms with Crippen LogP contribution in [0.1, 0.15) is 77.5 Å². The molecule has 2 aromatic rings. The Balaban J connectivity index is 2.02. The number of benzene rings is 1. The first-order valence-electron chi connectivity index (χ1n) is 13.7. The molecule has 0 radical (unpaired) electrons. The fourth-order valence-corrected chi connectivity index (χ4v) is 5.56. The van der Waals surface area contributed by atoms with Crippen LogP contribution in [0.5, 0.6) is 0 Å². The van der Waals surface area contributed by atoms with Gasteiger partial charge in [0.1, 0.15) is 11.3 Å². The molecule has 2 unspecified atom stereocenters. The number of hydrogen-bond donors (Lipinski definition) is 4. The number of hydrogen-bond acceptors (Lipinski definition) is 8. The highest BCUT2D eigenvalue weighted by molar-refractivity contribution is 6.43. The van der Waals surface area contributed by atoms with Gasteiger partial charge >= 0.3 is 12.2 Å². The van der Waals surface area contributed by atoms with Crippen LogP contribution in [-0.2, 0) is 4.74 Å². The molecule has 3 amide bonds. The van der Waals surface area contributed by atoms with E-state index in [2.05, 4.69) is 15.6 Å². The average molecular weight is 637 g/mol. The number of piperidine rings is 1. The molecule has 1 saturated heterocycles. The van der Waals surface area contributed by atoms with Crippen molar-refractivity contribution >= 4 is 53.2 Å². The lowest BCUT2D eigenvalue weighted by molar-refractivity contribution is 0.0559. The summed E-state index contributed by atoms with van der Waals surface area (Å²) < 4.78 is 5.31. The fourth-order valence-electron chi connectivity index (χ4n) is 5.16. The van der Waals surface area contributed by atoms with Gasteiger partial charge in [-0.3, -0.25) is 15.4 Å². The minimum Gasteiger partial charge on any atom is -0.465 e. The Hall–Kier alpha value is -3.64. The zero-order valence-electron chi connectivity index (χ0n) is 25.6. The maximum Gasteiger partial charge on any atom is 0.414 e. The van der Waals surface area contributed by atoms with E-state index in [-0.39, 0.29) is 22.7 Å². The summed E-state index contributed by atoms with van der Waals surface area (Å²) in [6.07, 6.45) is -1.34. The number of alkyl carbamates (subject to hydrolysis) is 1. The molecule has 1 fully saturated rings. The number of nitrogens with two attached hydrogens (primary N) is 1. The summed E-state index contributed by atoms with van der Waals surface area (Å²) in [7, 11) is 0. The Morgan fingerprint density at radius 2 is 1.79 bits per heavy atom. The summed E-state index contributed by atoms with van der Waals surface area (Å²) in [5.41, 5.74) is 5.11. The van der Waals surface area contributed by atoms with E-state index in [9.17, 15) is 19.5 Å². The molecule has 3 rings (SSSR count). The highest BCUT2D eigenvalue weighted by atomic mass is 35.5. The monoisotopic (exact) mass is 635 g/mol. The predicted molar refractivity (Wildman–Crippen MR) is 167 cm³/mol. The smallest absolute Gasteiger partial charge is 0.414 e. The minimum absolute atomic E-state index is 0.0130. The number of nitrogens with one attached hydrogen (secondary N) is 2. The Morgan fingerprint density at radius 3 is 2.33 bits per heavy atom. The van der Waals surface area contributed by atoms with E-state index in [4.69, 9.17) is 43.6 Å². The van der Waals surface area contributed by atoms with Crippen LogP contribution >= 0.6 is 23.2 Å². The van der Waals surface area contributed by atoms with Gasteiger partial charge in [-0.1, -0.05) is 56.1 Å². The molecule has 12 nitrogen and oxygen atoms in total. The summed E-state index contributed by atoms with van der Waals surface area (Å²) in [4.78, 5) is 52.8. The third-order valence-electron chi connectivity index (χ3n) is 7.29. The number of rotatable bonds is 4. The van der Waals surface area contributed by atoms with Gasteiger partial charge in [0.05, 0.1) is 21.3 Å². The highest BCUT2D eigenvalue weighted by Gasteiger charge is 2.48. The lowest BCUT2D eigenvalue weighted by Gasteiger charge is -2.50. The number of carbonyl (C=O) groups excluding carboxylic acids is 2. The van der Waals surface area contributed by atoms with E-state index in [0.717, 1.165) is 0 Å². The first-order valence-corrected chi connectivity index (χ1v) is 14.5. The topological polar surface area (TPSA) is 172 Å². The van der Waals surface area contributed by atoms with Crippen molar-refractivity contribution in [3.05, 3.63) is 39.6 Å². The van der Waals surface area contributed by atoms with Crippen molar-refractivity contribution in [3.8, 4) is 11.1 Å². The summed E-state index contributed by atoms with van der Waals surface area (Å²) in [6.45, 7) is 15.2. The number of guanidine groups is 1. The van der Waals surface area contributed by atoms with Crippen LogP contribution in [-0.4, -0.2) is 62.9 Å². The number of amides is 3. The van der Waals surface area contributed by atoms with E-state index in [1.807, 2.05) is 32.6 Å². The molecular weight excluding hydrogens is 597 g/mol. The van der Waals surface area contributed by atoms with Gasteiger partial charge in [0, 0.05) is 23.7 Å². The van der Waals surface area contributed by atoms with Gasteiger partial charge < -0.3 is 20.5 Å². The Kier molecular flexibility index (Phi) is 9.87. The van der Waals surface area contributed by atoms with E-state index in [0.29, 0.717) is 47.2 Å². The number of halogens is 2. The second-order valence-electron chi connectivity index (χ2n) is 12.6. The average Bonchev–Trinajstić information content (AvgIpc) is 2.83. The van der Waals surface area contributed by atoms with E-state index in [1.165, 1.54) is 0 Å². The third kappa shape index (κ3) is 7.85. The fraction of sp³-hybridized carbons (Fsp3) is 0.517. The third-order valence-corrected chi connectivity index (χ3v) is 8.11. The van der Waals surface area contributed by atoms with Gasteiger partial charge in [0.15, 0.2) is 0 Å². The van der Waals surface area contributed by atoms with Crippen molar-refractivity contribution in [1.82, 2.24) is 20.6 Å². The van der Waals surface area contributed by atoms with Crippen LogP contribution in [0.25, 0.3) is 11.1 Å².